The van der Waals surface area contributed by atoms with Gasteiger partial charge in [-0.05, 0) is 26.0 Å². The summed E-state index contributed by atoms with van der Waals surface area (Å²) in [6.07, 6.45) is 0. The van der Waals surface area contributed by atoms with E-state index in [1.807, 2.05) is 43.5 Å². The minimum absolute atomic E-state index is 0.500. The molecule has 3 nitrogen and oxygen atoms in total. The van der Waals surface area contributed by atoms with E-state index in [0.717, 1.165) is 22.2 Å². The van der Waals surface area contributed by atoms with Crippen LogP contribution in [-0.2, 0) is 6.61 Å². The summed E-state index contributed by atoms with van der Waals surface area (Å²) < 4.78 is 11.1. The predicted octanol–water partition coefficient (Wildman–Crippen LogP) is 3.43. The van der Waals surface area contributed by atoms with Gasteiger partial charge in [0.1, 0.15) is 18.1 Å². The van der Waals surface area contributed by atoms with Crippen LogP contribution < -0.4 is 9.47 Å². The van der Waals surface area contributed by atoms with Gasteiger partial charge in [-0.25, -0.2) is 4.98 Å². The van der Waals surface area contributed by atoms with Gasteiger partial charge in [0.15, 0.2) is 0 Å². The number of benzene rings is 1. The number of hydrogen-bond acceptors (Lipinski definition) is 4. The fourth-order valence-electron chi connectivity index (χ4n) is 1.45. The van der Waals surface area contributed by atoms with Crippen molar-refractivity contribution >= 4 is 11.3 Å². The molecule has 2 aromatic rings. The van der Waals surface area contributed by atoms with Crippen molar-refractivity contribution in [2.24, 2.45) is 0 Å². The van der Waals surface area contributed by atoms with Crippen LogP contribution >= 0.6 is 11.3 Å². The maximum atomic E-state index is 5.66. The molecule has 0 spiro atoms. The van der Waals surface area contributed by atoms with Gasteiger partial charge in [0, 0.05) is 11.4 Å². The zero-order valence-electron chi connectivity index (χ0n) is 9.97. The number of rotatable bonds is 5. The normalized spacial score (nSPS) is 10.2. The Labute approximate surface area is 105 Å². The first-order valence-electron chi connectivity index (χ1n) is 5.54. The van der Waals surface area contributed by atoms with Crippen LogP contribution in [0, 0.1) is 6.92 Å². The van der Waals surface area contributed by atoms with Gasteiger partial charge in [0.05, 0.1) is 17.3 Å². The smallest absolute Gasteiger partial charge is 0.131 e. The van der Waals surface area contributed by atoms with Crippen LogP contribution in [0.3, 0.4) is 0 Å². The van der Waals surface area contributed by atoms with E-state index >= 15 is 0 Å². The summed E-state index contributed by atoms with van der Waals surface area (Å²) in [5.41, 5.74) is 0.967. The van der Waals surface area contributed by atoms with Gasteiger partial charge >= 0.3 is 0 Å². The largest absolute Gasteiger partial charge is 0.494 e. The molecule has 90 valence electrons. The van der Waals surface area contributed by atoms with E-state index in [1.54, 1.807) is 11.3 Å². The molecular weight excluding hydrogens is 234 g/mol. The van der Waals surface area contributed by atoms with Gasteiger partial charge in [-0.15, -0.1) is 11.3 Å². The van der Waals surface area contributed by atoms with E-state index < -0.39 is 0 Å². The highest BCUT2D eigenvalue weighted by atomic mass is 32.1. The average molecular weight is 249 g/mol. The minimum atomic E-state index is 0.500. The van der Waals surface area contributed by atoms with Crippen molar-refractivity contribution < 1.29 is 9.47 Å². The molecule has 1 heterocycles. The lowest BCUT2D eigenvalue weighted by atomic mass is 10.3. The van der Waals surface area contributed by atoms with Crippen molar-refractivity contribution in [2.75, 3.05) is 6.61 Å². The lowest BCUT2D eigenvalue weighted by molar-refractivity contribution is 0.296. The molecule has 0 atom stereocenters. The molecule has 2 rings (SSSR count). The van der Waals surface area contributed by atoms with Crippen molar-refractivity contribution in [1.29, 1.82) is 0 Å². The highest BCUT2D eigenvalue weighted by molar-refractivity contribution is 7.09. The summed E-state index contributed by atoms with van der Waals surface area (Å²) in [6, 6.07) is 7.65. The number of aryl methyl sites for hydroxylation is 1. The Morgan fingerprint density at radius 1 is 1.24 bits per heavy atom. The van der Waals surface area contributed by atoms with Crippen molar-refractivity contribution in [3.05, 3.63) is 40.3 Å². The van der Waals surface area contributed by atoms with E-state index in [4.69, 9.17) is 9.47 Å². The van der Waals surface area contributed by atoms with Crippen LogP contribution in [0.5, 0.6) is 11.5 Å². The number of ether oxygens (including phenoxy) is 2. The second-order valence-electron chi connectivity index (χ2n) is 3.55. The summed E-state index contributed by atoms with van der Waals surface area (Å²) in [7, 11) is 0. The molecule has 0 fully saturated rings. The number of thiazole rings is 1. The van der Waals surface area contributed by atoms with Gasteiger partial charge in [-0.2, -0.15) is 0 Å². The molecule has 4 heteroatoms. The van der Waals surface area contributed by atoms with Crippen LogP contribution in [0.2, 0.25) is 0 Å². The molecule has 0 unspecified atom stereocenters. The molecular formula is C13H15NO2S. The quantitative estimate of drug-likeness (QED) is 0.813. The van der Waals surface area contributed by atoms with E-state index in [1.165, 1.54) is 0 Å². The SMILES string of the molecule is CCOc1cccc(OCc2csc(C)n2)c1. The zero-order valence-corrected chi connectivity index (χ0v) is 10.8. The number of aromatic nitrogens is 1. The van der Waals surface area contributed by atoms with Crippen LogP contribution in [0.4, 0.5) is 0 Å². The lowest BCUT2D eigenvalue weighted by Crippen LogP contribution is -1.97. The first kappa shape index (κ1) is 11.9. The Morgan fingerprint density at radius 2 is 2.00 bits per heavy atom. The Morgan fingerprint density at radius 3 is 2.65 bits per heavy atom. The van der Waals surface area contributed by atoms with Crippen LogP contribution in [-0.4, -0.2) is 11.6 Å². The average Bonchev–Trinajstić information content (AvgIpc) is 2.74. The topological polar surface area (TPSA) is 31.4 Å². The summed E-state index contributed by atoms with van der Waals surface area (Å²) >= 11 is 1.64. The molecule has 0 saturated carbocycles. The Kier molecular flexibility index (Phi) is 3.98. The molecule has 0 amide bonds. The van der Waals surface area contributed by atoms with Crippen molar-refractivity contribution in [3.63, 3.8) is 0 Å². The molecule has 1 aromatic heterocycles. The predicted molar refractivity (Wildman–Crippen MR) is 68.8 cm³/mol. The van der Waals surface area contributed by atoms with Crippen molar-refractivity contribution in [1.82, 2.24) is 4.98 Å². The number of hydrogen-bond donors (Lipinski definition) is 0. The third-order valence-corrected chi connectivity index (χ3v) is 2.99. The van der Waals surface area contributed by atoms with Gasteiger partial charge in [-0.3, -0.25) is 0 Å². The maximum absolute atomic E-state index is 5.66. The molecule has 1 aromatic carbocycles. The second kappa shape index (κ2) is 5.68. The molecule has 0 aliphatic heterocycles. The molecule has 0 N–H and O–H groups in total. The molecule has 17 heavy (non-hydrogen) atoms. The standard InChI is InChI=1S/C13H15NO2S/c1-3-15-12-5-4-6-13(7-12)16-8-11-9-17-10(2)14-11/h4-7,9H,3,8H2,1-2H3. The highest BCUT2D eigenvalue weighted by Gasteiger charge is 2.01. The molecule has 0 radical (unpaired) electrons. The summed E-state index contributed by atoms with van der Waals surface area (Å²) in [5.74, 6) is 1.64. The van der Waals surface area contributed by atoms with Gasteiger partial charge in [-0.1, -0.05) is 6.07 Å². The van der Waals surface area contributed by atoms with Gasteiger partial charge < -0.3 is 9.47 Å². The Bertz CT molecular complexity index is 482. The first-order valence-corrected chi connectivity index (χ1v) is 6.42. The van der Waals surface area contributed by atoms with E-state index in [9.17, 15) is 0 Å². The van der Waals surface area contributed by atoms with Crippen molar-refractivity contribution in [3.8, 4) is 11.5 Å². The summed E-state index contributed by atoms with van der Waals surface area (Å²) in [6.45, 7) is 5.12. The lowest BCUT2D eigenvalue weighted by Gasteiger charge is -2.07. The third-order valence-electron chi connectivity index (χ3n) is 2.17. The fraction of sp³-hybridized carbons (Fsp3) is 0.308. The monoisotopic (exact) mass is 249 g/mol. The summed E-state index contributed by atoms with van der Waals surface area (Å²) in [4.78, 5) is 4.35. The maximum Gasteiger partial charge on any atom is 0.131 e. The highest BCUT2D eigenvalue weighted by Crippen LogP contribution is 2.20. The third kappa shape index (κ3) is 3.46. The molecule has 0 aliphatic rings. The first-order chi connectivity index (χ1) is 8.28. The van der Waals surface area contributed by atoms with Gasteiger partial charge in [0.2, 0.25) is 0 Å². The van der Waals surface area contributed by atoms with Gasteiger partial charge in [0.25, 0.3) is 0 Å². The van der Waals surface area contributed by atoms with Crippen LogP contribution in [0.1, 0.15) is 17.6 Å². The summed E-state index contributed by atoms with van der Waals surface area (Å²) in [5, 5.41) is 3.08. The molecule has 0 aliphatic carbocycles. The van der Waals surface area contributed by atoms with E-state index in [-0.39, 0.29) is 0 Å². The zero-order chi connectivity index (χ0) is 12.1. The minimum Gasteiger partial charge on any atom is -0.494 e. The Hall–Kier alpha value is -1.55. The number of nitrogens with zero attached hydrogens (tertiary/aromatic N) is 1. The molecule has 0 bridgehead atoms. The Balaban J connectivity index is 1.96. The van der Waals surface area contributed by atoms with Crippen LogP contribution in [0.15, 0.2) is 29.6 Å². The second-order valence-corrected chi connectivity index (χ2v) is 4.62. The fourth-order valence-corrected chi connectivity index (χ4v) is 2.05. The van der Waals surface area contributed by atoms with Crippen molar-refractivity contribution in [2.45, 2.75) is 20.5 Å². The van der Waals surface area contributed by atoms with E-state index in [2.05, 4.69) is 4.98 Å². The van der Waals surface area contributed by atoms with Crippen LogP contribution in [0.25, 0.3) is 0 Å². The molecule has 0 saturated heterocycles. The van der Waals surface area contributed by atoms with E-state index in [0.29, 0.717) is 13.2 Å².